The van der Waals surface area contributed by atoms with Crippen molar-refractivity contribution in [2.75, 3.05) is 37.3 Å². The van der Waals surface area contributed by atoms with Crippen LogP contribution < -0.4 is 4.90 Å². The van der Waals surface area contributed by atoms with Crippen LogP contribution in [-0.4, -0.2) is 56.5 Å². The molecule has 7 nitrogen and oxygen atoms in total. The molecule has 2 atom stereocenters. The van der Waals surface area contributed by atoms with Gasteiger partial charge in [0.25, 0.3) is 0 Å². The number of aryl methyl sites for hydroxylation is 1. The normalized spacial score (nSPS) is 18.9. The van der Waals surface area contributed by atoms with Gasteiger partial charge in [-0.15, -0.1) is 11.3 Å². The molecule has 4 rings (SSSR count). The van der Waals surface area contributed by atoms with E-state index in [0.29, 0.717) is 16.9 Å². The topological polar surface area (TPSA) is 86.1 Å². The van der Waals surface area contributed by atoms with Crippen molar-refractivity contribution in [3.63, 3.8) is 0 Å². The number of hydrogen-bond acceptors (Lipinski definition) is 8. The molecule has 0 spiro atoms. The Labute approximate surface area is 169 Å². The van der Waals surface area contributed by atoms with Gasteiger partial charge in [-0.05, 0) is 31.5 Å². The monoisotopic (exact) mass is 416 g/mol. The van der Waals surface area contributed by atoms with E-state index in [0.717, 1.165) is 36.7 Å². The Morgan fingerprint density at radius 1 is 1.18 bits per heavy atom. The minimum Gasteiger partial charge on any atom is -0.338 e. The molecule has 28 heavy (non-hydrogen) atoms. The molecule has 3 heterocycles. The first-order chi connectivity index (χ1) is 13.3. The second-order valence-electron chi connectivity index (χ2n) is 7.22. The molecule has 0 aliphatic carbocycles. The van der Waals surface area contributed by atoms with Crippen molar-refractivity contribution < 1.29 is 4.21 Å². The Kier molecular flexibility index (Phi) is 5.07. The summed E-state index contributed by atoms with van der Waals surface area (Å²) in [5.41, 5.74) is 2.38. The highest BCUT2D eigenvalue weighted by atomic mass is 32.2. The molecule has 0 saturated carbocycles. The molecule has 1 fully saturated rings. The maximum Gasteiger partial charge on any atom is 0.225 e. The molecule has 0 bridgehead atoms. The average Bonchev–Trinajstić information content (AvgIpc) is 3.06. The van der Waals surface area contributed by atoms with Gasteiger partial charge >= 0.3 is 0 Å². The van der Waals surface area contributed by atoms with Crippen molar-refractivity contribution >= 4 is 37.2 Å². The summed E-state index contributed by atoms with van der Waals surface area (Å²) in [6.07, 6.45) is 4.41. The van der Waals surface area contributed by atoms with Crippen LogP contribution in [-0.2, 0) is 9.73 Å². The van der Waals surface area contributed by atoms with E-state index in [4.69, 9.17) is 4.78 Å². The second-order valence-corrected chi connectivity index (χ2v) is 10.6. The summed E-state index contributed by atoms with van der Waals surface area (Å²) < 4.78 is 20.6. The number of aromatic nitrogens is 3. The standard InChI is InChI=1S/C19H24N6OS2/c1-13(15-4-5-18-17(10-15)23-14(2)27-18)24-6-8-25(9-7-24)19-21-11-16(12-22-19)28(3,20)26/h4-5,10-13,20H,6-9H2,1-3H3/t13-,28+/m1/s1. The van der Waals surface area contributed by atoms with E-state index < -0.39 is 9.73 Å². The Morgan fingerprint density at radius 2 is 1.86 bits per heavy atom. The van der Waals surface area contributed by atoms with Crippen molar-refractivity contribution in [2.45, 2.75) is 24.8 Å². The number of thiazole rings is 1. The van der Waals surface area contributed by atoms with Gasteiger partial charge in [0, 0.05) is 50.9 Å². The quantitative estimate of drug-likeness (QED) is 0.702. The molecule has 9 heteroatoms. The van der Waals surface area contributed by atoms with Gasteiger partial charge in [-0.25, -0.2) is 23.9 Å². The van der Waals surface area contributed by atoms with Crippen LogP contribution in [0.2, 0.25) is 0 Å². The molecular formula is C19H24N6OS2. The third-order valence-corrected chi connectivity index (χ3v) is 7.27. The summed E-state index contributed by atoms with van der Waals surface area (Å²) in [6, 6.07) is 6.92. The molecule has 148 valence electrons. The summed E-state index contributed by atoms with van der Waals surface area (Å²) in [7, 11) is -2.77. The first-order valence-electron chi connectivity index (χ1n) is 9.23. The highest BCUT2D eigenvalue weighted by molar-refractivity contribution is 7.91. The van der Waals surface area contributed by atoms with Crippen LogP contribution in [0.1, 0.15) is 23.5 Å². The number of nitrogens with zero attached hydrogens (tertiary/aromatic N) is 5. The summed E-state index contributed by atoms with van der Waals surface area (Å²) >= 11 is 1.73. The Bertz CT molecular complexity index is 1090. The number of fused-ring (bicyclic) bond motifs is 1. The van der Waals surface area contributed by atoms with Crippen LogP contribution >= 0.6 is 11.3 Å². The number of piperazine rings is 1. The first-order valence-corrected chi connectivity index (χ1v) is 12.0. The van der Waals surface area contributed by atoms with Gasteiger partial charge in [0.1, 0.15) is 0 Å². The van der Waals surface area contributed by atoms with E-state index in [1.165, 1.54) is 28.9 Å². The zero-order valence-corrected chi connectivity index (χ0v) is 17.9. The summed E-state index contributed by atoms with van der Waals surface area (Å²) in [6.45, 7) is 7.80. The fourth-order valence-corrected chi connectivity index (χ4v) is 4.83. The highest BCUT2D eigenvalue weighted by Crippen LogP contribution is 2.28. The lowest BCUT2D eigenvalue weighted by atomic mass is 10.1. The van der Waals surface area contributed by atoms with Gasteiger partial charge < -0.3 is 4.90 Å². The number of anilines is 1. The number of nitrogens with one attached hydrogen (secondary N) is 1. The zero-order valence-electron chi connectivity index (χ0n) is 16.3. The smallest absolute Gasteiger partial charge is 0.225 e. The number of benzene rings is 1. The Hall–Kier alpha value is -2.10. The molecule has 1 aliphatic rings. The summed E-state index contributed by atoms with van der Waals surface area (Å²) in [4.78, 5) is 18.2. The van der Waals surface area contributed by atoms with Gasteiger partial charge in [-0.3, -0.25) is 4.90 Å². The maximum atomic E-state index is 11.8. The van der Waals surface area contributed by atoms with Crippen molar-refractivity contribution in [3.8, 4) is 0 Å². The molecular weight excluding hydrogens is 392 g/mol. The van der Waals surface area contributed by atoms with Crippen molar-refractivity contribution in [1.29, 1.82) is 4.78 Å². The van der Waals surface area contributed by atoms with Crippen LogP contribution in [0.4, 0.5) is 5.95 Å². The van der Waals surface area contributed by atoms with Gasteiger partial charge in [0.15, 0.2) is 0 Å². The minimum atomic E-state index is -2.77. The van der Waals surface area contributed by atoms with E-state index in [9.17, 15) is 4.21 Å². The fraction of sp³-hybridized carbons (Fsp3) is 0.421. The lowest BCUT2D eigenvalue weighted by Crippen LogP contribution is -2.47. The third kappa shape index (κ3) is 3.87. The lowest BCUT2D eigenvalue weighted by molar-refractivity contribution is 0.198. The first kappa shape index (κ1) is 19.2. The Morgan fingerprint density at radius 3 is 2.50 bits per heavy atom. The largest absolute Gasteiger partial charge is 0.338 e. The average molecular weight is 417 g/mol. The van der Waals surface area contributed by atoms with Crippen molar-refractivity contribution in [1.82, 2.24) is 19.9 Å². The van der Waals surface area contributed by atoms with Crippen LogP contribution in [0.5, 0.6) is 0 Å². The second kappa shape index (κ2) is 7.38. The van der Waals surface area contributed by atoms with Gasteiger partial charge in [0.05, 0.1) is 29.8 Å². The molecule has 2 aromatic heterocycles. The van der Waals surface area contributed by atoms with Crippen LogP contribution in [0.25, 0.3) is 10.2 Å². The maximum absolute atomic E-state index is 11.8. The fourth-order valence-electron chi connectivity index (χ4n) is 3.51. The molecule has 1 aromatic carbocycles. The highest BCUT2D eigenvalue weighted by Gasteiger charge is 2.24. The molecule has 1 aliphatic heterocycles. The molecule has 0 unspecified atom stereocenters. The van der Waals surface area contributed by atoms with Crippen LogP contribution in [0, 0.1) is 11.7 Å². The van der Waals surface area contributed by atoms with Gasteiger partial charge in [0.2, 0.25) is 5.95 Å². The van der Waals surface area contributed by atoms with Crippen LogP contribution in [0.15, 0.2) is 35.5 Å². The summed E-state index contributed by atoms with van der Waals surface area (Å²) in [5.74, 6) is 0.638. The van der Waals surface area contributed by atoms with Crippen LogP contribution in [0.3, 0.4) is 0 Å². The van der Waals surface area contributed by atoms with E-state index in [-0.39, 0.29) is 0 Å². The molecule has 0 amide bonds. The molecule has 1 N–H and O–H groups in total. The lowest BCUT2D eigenvalue weighted by Gasteiger charge is -2.38. The van der Waals surface area contributed by atoms with E-state index >= 15 is 0 Å². The van der Waals surface area contributed by atoms with E-state index in [1.807, 2.05) is 6.92 Å². The molecule has 3 aromatic rings. The van der Waals surface area contributed by atoms with E-state index in [2.05, 4.69) is 49.9 Å². The van der Waals surface area contributed by atoms with Gasteiger partial charge in [-0.1, -0.05) is 6.07 Å². The number of hydrogen-bond donors (Lipinski definition) is 1. The van der Waals surface area contributed by atoms with Crippen molar-refractivity contribution in [3.05, 3.63) is 41.2 Å². The predicted octanol–water partition coefficient (Wildman–Crippen LogP) is 3.31. The minimum absolute atomic E-state index is 0.324. The molecule has 1 saturated heterocycles. The zero-order chi connectivity index (χ0) is 19.9. The SMILES string of the molecule is Cc1nc2cc([C@@H](C)N3CCN(c4ncc([S@@](C)(=N)=O)cn4)CC3)ccc2s1. The summed E-state index contributed by atoms with van der Waals surface area (Å²) in [5, 5.41) is 1.10. The van der Waals surface area contributed by atoms with Gasteiger partial charge in [-0.2, -0.15) is 0 Å². The third-order valence-electron chi connectivity index (χ3n) is 5.21. The van der Waals surface area contributed by atoms with Crippen molar-refractivity contribution in [2.24, 2.45) is 0 Å². The molecule has 0 radical (unpaired) electrons. The Balaban J connectivity index is 1.42. The number of rotatable bonds is 4. The predicted molar refractivity (Wildman–Crippen MR) is 114 cm³/mol. The van der Waals surface area contributed by atoms with E-state index in [1.54, 1.807) is 11.3 Å².